The Labute approximate surface area is 190 Å². The van der Waals surface area contributed by atoms with Gasteiger partial charge in [0.15, 0.2) is 22.3 Å². The number of nitrogens with zero attached hydrogens (tertiary/aromatic N) is 4. The molecule has 0 radical (unpaired) electrons. The average Bonchev–Trinajstić information content (AvgIpc) is 3.48. The molecule has 0 aromatic carbocycles. The van der Waals surface area contributed by atoms with Crippen molar-refractivity contribution in [2.24, 2.45) is 0 Å². The van der Waals surface area contributed by atoms with Gasteiger partial charge in [0.2, 0.25) is 0 Å². The van der Waals surface area contributed by atoms with Gasteiger partial charge in [-0.05, 0) is 36.6 Å². The fourth-order valence-electron chi connectivity index (χ4n) is 3.40. The van der Waals surface area contributed by atoms with E-state index in [1.807, 2.05) is 0 Å². The Hall–Kier alpha value is -3.27. The summed E-state index contributed by atoms with van der Waals surface area (Å²) in [5.74, 6) is -5.61. The van der Waals surface area contributed by atoms with E-state index in [1.54, 1.807) is 0 Å². The van der Waals surface area contributed by atoms with Crippen LogP contribution < -0.4 is 4.74 Å². The molecular weight excluding hydrogens is 483 g/mol. The molecule has 3 aromatic rings. The molecule has 0 saturated heterocycles. The molecule has 0 amide bonds. The summed E-state index contributed by atoms with van der Waals surface area (Å²) in [6.45, 7) is -0.491. The normalized spacial score (nSPS) is 15.8. The second kappa shape index (κ2) is 7.90. The molecule has 1 aliphatic carbocycles. The Morgan fingerprint density at radius 1 is 1.21 bits per heavy atom. The summed E-state index contributed by atoms with van der Waals surface area (Å²) in [7, 11) is -3.82. The lowest BCUT2D eigenvalue weighted by Crippen LogP contribution is -2.41. The van der Waals surface area contributed by atoms with Gasteiger partial charge < -0.3 is 4.74 Å². The lowest BCUT2D eigenvalue weighted by Gasteiger charge is -2.20. The van der Waals surface area contributed by atoms with Crippen LogP contribution in [0.25, 0.3) is 17.0 Å². The predicted octanol–water partition coefficient (Wildman–Crippen LogP) is 4.32. The maximum absolute atomic E-state index is 13.3. The molecule has 0 N–H and O–H groups in total. The van der Waals surface area contributed by atoms with Gasteiger partial charge in [0.25, 0.3) is 0 Å². The summed E-state index contributed by atoms with van der Waals surface area (Å²) in [5.41, 5.74) is -0.331. The predicted molar refractivity (Wildman–Crippen MR) is 109 cm³/mol. The molecule has 0 spiro atoms. The Morgan fingerprint density at radius 2 is 1.91 bits per heavy atom. The highest BCUT2D eigenvalue weighted by Crippen LogP contribution is 2.48. The summed E-state index contributed by atoms with van der Waals surface area (Å²) < 4.78 is 95.8. The summed E-state index contributed by atoms with van der Waals surface area (Å²) >= 11 is 0. The number of hydrogen-bond donors (Lipinski definition) is 0. The number of aromatic nitrogens is 3. The third-order valence-electron chi connectivity index (χ3n) is 5.65. The first-order valence-electron chi connectivity index (χ1n) is 10.0. The van der Waals surface area contributed by atoms with Gasteiger partial charge in [-0.2, -0.15) is 27.2 Å². The van der Waals surface area contributed by atoms with E-state index < -0.39 is 34.0 Å². The number of pyridine rings is 2. The van der Waals surface area contributed by atoms with E-state index in [0.29, 0.717) is 18.4 Å². The van der Waals surface area contributed by atoms with E-state index in [4.69, 9.17) is 4.74 Å². The Balaban J connectivity index is 1.80. The Bertz CT molecular complexity index is 1410. The fourth-order valence-corrected chi connectivity index (χ4v) is 4.46. The topological polar surface area (TPSA) is 97.3 Å². The highest BCUT2D eigenvalue weighted by molar-refractivity contribution is 7.91. The smallest absolute Gasteiger partial charge is 0.456 e. The molecule has 13 heteroatoms. The monoisotopic (exact) mass is 500 g/mol. The number of hydrogen-bond acceptors (Lipinski definition) is 6. The van der Waals surface area contributed by atoms with Gasteiger partial charge in [-0.25, -0.2) is 13.4 Å². The van der Waals surface area contributed by atoms with E-state index in [1.165, 1.54) is 41.9 Å². The number of imidazole rings is 1. The van der Waals surface area contributed by atoms with Crippen molar-refractivity contribution in [1.29, 1.82) is 5.26 Å². The fraction of sp³-hybridized carbons (Fsp3) is 0.381. The second-order valence-corrected chi connectivity index (χ2v) is 10.1. The maximum atomic E-state index is 13.3. The molecule has 1 aliphatic rings. The van der Waals surface area contributed by atoms with Gasteiger partial charge in [-0.1, -0.05) is 6.92 Å². The standard InChI is InChI=1S/C21H17F5N4O3S/c1-2-34(31,32)16-8-13(19(11-27)5-6-19)9-28-17(16)18-29-10-14-15(4-3-7-30(14)18)33-12-20(22,23)21(24,25)26/h3-4,7-10H,2,5-6,12H2,1H3. The zero-order valence-electron chi connectivity index (χ0n) is 17.6. The van der Waals surface area contributed by atoms with Crippen LogP contribution in [0.4, 0.5) is 22.0 Å². The van der Waals surface area contributed by atoms with Gasteiger partial charge in [0, 0.05) is 12.4 Å². The first kappa shape index (κ1) is 23.9. The summed E-state index contributed by atoms with van der Waals surface area (Å²) in [4.78, 5) is 8.24. The average molecular weight is 500 g/mol. The third-order valence-corrected chi connectivity index (χ3v) is 7.39. The van der Waals surface area contributed by atoms with Crippen molar-refractivity contribution in [2.75, 3.05) is 12.4 Å². The molecule has 34 heavy (non-hydrogen) atoms. The van der Waals surface area contributed by atoms with Gasteiger partial charge >= 0.3 is 12.1 Å². The van der Waals surface area contributed by atoms with E-state index in [0.717, 1.165) is 6.20 Å². The largest absolute Gasteiger partial charge is 0.485 e. The van der Waals surface area contributed by atoms with Gasteiger partial charge in [-0.3, -0.25) is 9.38 Å². The van der Waals surface area contributed by atoms with E-state index >= 15 is 0 Å². The van der Waals surface area contributed by atoms with Crippen molar-refractivity contribution in [1.82, 2.24) is 14.4 Å². The number of rotatable bonds is 7. The van der Waals surface area contributed by atoms with Crippen molar-refractivity contribution < 1.29 is 35.1 Å². The summed E-state index contributed by atoms with van der Waals surface area (Å²) in [5, 5.41) is 9.46. The van der Waals surface area contributed by atoms with Crippen molar-refractivity contribution in [3.8, 4) is 23.3 Å². The number of fused-ring (bicyclic) bond motifs is 1. The number of nitriles is 1. The first-order chi connectivity index (χ1) is 15.9. The lowest BCUT2D eigenvalue weighted by molar-refractivity contribution is -0.289. The SMILES string of the molecule is CCS(=O)(=O)c1cc(C2(C#N)CC2)cnc1-c1ncc2c(OCC(F)(F)C(F)(F)F)cccn12. The van der Waals surface area contributed by atoms with Gasteiger partial charge in [0.05, 0.1) is 28.3 Å². The van der Waals surface area contributed by atoms with E-state index in [9.17, 15) is 35.6 Å². The minimum Gasteiger partial charge on any atom is -0.485 e. The maximum Gasteiger partial charge on any atom is 0.456 e. The quantitative estimate of drug-likeness (QED) is 0.448. The van der Waals surface area contributed by atoms with Crippen LogP contribution in [-0.4, -0.2) is 47.2 Å². The minimum atomic E-state index is -5.78. The van der Waals surface area contributed by atoms with Crippen LogP contribution in [0.5, 0.6) is 5.75 Å². The second-order valence-electron chi connectivity index (χ2n) is 7.87. The van der Waals surface area contributed by atoms with Gasteiger partial charge in [-0.15, -0.1) is 0 Å². The molecule has 0 bridgehead atoms. The minimum absolute atomic E-state index is 0.0170. The molecular formula is C21H17F5N4O3S. The molecule has 0 atom stereocenters. The lowest BCUT2D eigenvalue weighted by atomic mass is 9.99. The molecule has 3 aromatic heterocycles. The van der Waals surface area contributed by atoms with Crippen LogP contribution in [0.3, 0.4) is 0 Å². The van der Waals surface area contributed by atoms with Crippen LogP contribution in [0.2, 0.25) is 0 Å². The Kier molecular flexibility index (Phi) is 5.55. The van der Waals surface area contributed by atoms with Crippen LogP contribution >= 0.6 is 0 Å². The number of halogens is 5. The number of sulfone groups is 1. The highest BCUT2D eigenvalue weighted by Gasteiger charge is 2.58. The van der Waals surface area contributed by atoms with Crippen molar-refractivity contribution >= 4 is 15.4 Å². The zero-order valence-corrected chi connectivity index (χ0v) is 18.4. The zero-order chi connectivity index (χ0) is 24.9. The number of alkyl halides is 5. The van der Waals surface area contributed by atoms with E-state index in [2.05, 4.69) is 16.0 Å². The molecule has 180 valence electrons. The number of ether oxygens (including phenoxy) is 1. The molecule has 0 aliphatic heterocycles. The van der Waals surface area contributed by atoms with Crippen molar-refractivity contribution in [3.63, 3.8) is 0 Å². The van der Waals surface area contributed by atoms with Crippen LogP contribution in [0.1, 0.15) is 25.3 Å². The van der Waals surface area contributed by atoms with Crippen molar-refractivity contribution in [2.45, 2.75) is 42.2 Å². The highest BCUT2D eigenvalue weighted by atomic mass is 32.2. The Morgan fingerprint density at radius 3 is 2.50 bits per heavy atom. The first-order valence-corrected chi connectivity index (χ1v) is 11.7. The van der Waals surface area contributed by atoms with Crippen molar-refractivity contribution in [3.05, 3.63) is 42.4 Å². The van der Waals surface area contributed by atoms with Gasteiger partial charge in [0.1, 0.15) is 17.0 Å². The summed E-state index contributed by atoms with van der Waals surface area (Å²) in [6.07, 6.45) is -0.655. The van der Waals surface area contributed by atoms with Crippen LogP contribution in [0, 0.1) is 11.3 Å². The molecule has 4 rings (SSSR count). The molecule has 0 unspecified atom stereocenters. The molecule has 7 nitrogen and oxygen atoms in total. The van der Waals surface area contributed by atoms with Crippen LogP contribution in [0.15, 0.2) is 41.7 Å². The molecule has 1 saturated carbocycles. The third kappa shape index (κ3) is 3.96. The summed E-state index contributed by atoms with van der Waals surface area (Å²) in [6, 6.07) is 6.09. The van der Waals surface area contributed by atoms with Crippen LogP contribution in [-0.2, 0) is 15.3 Å². The molecule has 3 heterocycles. The molecule has 1 fully saturated rings. The van der Waals surface area contributed by atoms with E-state index in [-0.39, 0.29) is 33.4 Å².